The highest BCUT2D eigenvalue weighted by Gasteiger charge is 2.24. The number of ether oxygens (including phenoxy) is 3. The second kappa shape index (κ2) is 6.57. The van der Waals surface area contributed by atoms with Gasteiger partial charge < -0.3 is 19.5 Å². The lowest BCUT2D eigenvalue weighted by molar-refractivity contribution is -0.146. The lowest BCUT2D eigenvalue weighted by Crippen LogP contribution is -2.35. The summed E-state index contributed by atoms with van der Waals surface area (Å²) in [5.74, 6) is -0.360. The summed E-state index contributed by atoms with van der Waals surface area (Å²) in [6.07, 6.45) is -0.685. The van der Waals surface area contributed by atoms with Crippen LogP contribution in [0.15, 0.2) is 23.3 Å². The first-order valence-corrected chi connectivity index (χ1v) is 7.30. The molecule has 0 radical (unpaired) electrons. The number of hydrazone groups is 1. The molecule has 9 nitrogen and oxygen atoms in total. The van der Waals surface area contributed by atoms with E-state index in [9.17, 15) is 14.4 Å². The second-order valence-electron chi connectivity index (χ2n) is 5.20. The molecule has 9 heteroatoms. The maximum Gasteiger partial charge on any atom is 0.355 e. The summed E-state index contributed by atoms with van der Waals surface area (Å²) in [5, 5.41) is 6.25. The van der Waals surface area contributed by atoms with Crippen molar-refractivity contribution in [1.82, 2.24) is 5.43 Å². The second-order valence-corrected chi connectivity index (χ2v) is 5.20. The fraction of sp³-hybridized carbons (Fsp3) is 0.333. The molecule has 0 saturated carbocycles. The molecule has 2 N–H and O–H groups in total. The Balaban J connectivity index is 1.57. The lowest BCUT2D eigenvalue weighted by Gasteiger charge is -2.16. The number of hydrogen-bond acceptors (Lipinski definition) is 7. The van der Waals surface area contributed by atoms with Gasteiger partial charge in [0.25, 0.3) is 5.91 Å². The van der Waals surface area contributed by atoms with Gasteiger partial charge in [-0.1, -0.05) is 0 Å². The van der Waals surface area contributed by atoms with Gasteiger partial charge in [0.1, 0.15) is 5.71 Å². The number of nitrogens with zero attached hydrogens (tertiary/aromatic N) is 1. The van der Waals surface area contributed by atoms with Crippen LogP contribution in [0.2, 0.25) is 0 Å². The average molecular weight is 333 g/mol. The molecule has 0 saturated heterocycles. The van der Waals surface area contributed by atoms with Crippen LogP contribution in [0, 0.1) is 0 Å². The SMILES string of the molecule is CC(OC(=O)C1=NNC(=O)CC1)C(=O)Nc1ccc2c(c1)OCO2. The molecule has 1 unspecified atom stereocenters. The molecule has 1 atom stereocenters. The molecule has 2 heterocycles. The molecule has 126 valence electrons. The van der Waals surface area contributed by atoms with Gasteiger partial charge >= 0.3 is 5.97 Å². The Morgan fingerprint density at radius 1 is 1.29 bits per heavy atom. The highest BCUT2D eigenvalue weighted by Crippen LogP contribution is 2.34. The first-order valence-electron chi connectivity index (χ1n) is 7.30. The molecule has 0 bridgehead atoms. The molecule has 0 aliphatic carbocycles. The molecule has 1 aromatic carbocycles. The van der Waals surface area contributed by atoms with Crippen molar-refractivity contribution in [3.8, 4) is 11.5 Å². The van der Waals surface area contributed by atoms with E-state index in [0.717, 1.165) is 0 Å². The van der Waals surface area contributed by atoms with Gasteiger partial charge in [-0.2, -0.15) is 5.10 Å². The molecule has 24 heavy (non-hydrogen) atoms. The minimum absolute atomic E-state index is 0.0809. The fourth-order valence-corrected chi connectivity index (χ4v) is 2.12. The van der Waals surface area contributed by atoms with Gasteiger partial charge in [0.05, 0.1) is 0 Å². The molecule has 0 fully saturated rings. The van der Waals surface area contributed by atoms with E-state index < -0.39 is 18.0 Å². The van der Waals surface area contributed by atoms with Crippen molar-refractivity contribution < 1.29 is 28.6 Å². The van der Waals surface area contributed by atoms with Crippen LogP contribution in [0.25, 0.3) is 0 Å². The minimum atomic E-state index is -1.02. The Morgan fingerprint density at radius 2 is 2.08 bits per heavy atom. The molecular formula is C15H15N3O6. The van der Waals surface area contributed by atoms with E-state index >= 15 is 0 Å². The van der Waals surface area contributed by atoms with Crippen LogP contribution in [0.5, 0.6) is 11.5 Å². The third kappa shape index (κ3) is 3.45. The Morgan fingerprint density at radius 3 is 2.83 bits per heavy atom. The van der Waals surface area contributed by atoms with Crippen LogP contribution in [0.4, 0.5) is 5.69 Å². The van der Waals surface area contributed by atoms with Crippen molar-refractivity contribution >= 4 is 29.2 Å². The number of anilines is 1. The van der Waals surface area contributed by atoms with Crippen LogP contribution in [0.3, 0.4) is 0 Å². The van der Waals surface area contributed by atoms with Crippen LogP contribution < -0.4 is 20.2 Å². The summed E-state index contributed by atoms with van der Waals surface area (Å²) < 4.78 is 15.5. The Kier molecular flexibility index (Phi) is 4.32. The maximum absolute atomic E-state index is 12.1. The molecular weight excluding hydrogens is 318 g/mol. The number of amides is 2. The van der Waals surface area contributed by atoms with Crippen LogP contribution >= 0.6 is 0 Å². The van der Waals surface area contributed by atoms with Gasteiger partial charge in [0, 0.05) is 24.6 Å². The van der Waals surface area contributed by atoms with Crippen molar-refractivity contribution in [2.75, 3.05) is 12.1 Å². The van der Waals surface area contributed by atoms with Crippen molar-refractivity contribution in [3.63, 3.8) is 0 Å². The van der Waals surface area contributed by atoms with E-state index in [1.54, 1.807) is 18.2 Å². The molecule has 0 spiro atoms. The number of carbonyl (C=O) groups excluding carboxylic acids is 3. The standard InChI is InChI=1S/C15H15N3O6/c1-8(24-15(21)10-3-5-13(19)18-17-10)14(20)16-9-2-4-11-12(6-9)23-7-22-11/h2,4,6,8H,3,5,7H2,1H3,(H,16,20)(H,18,19). The molecule has 2 aliphatic rings. The quantitative estimate of drug-likeness (QED) is 0.778. The summed E-state index contributed by atoms with van der Waals surface area (Å²) >= 11 is 0. The highest BCUT2D eigenvalue weighted by molar-refractivity contribution is 6.37. The molecule has 1 aromatic rings. The van der Waals surface area contributed by atoms with Crippen molar-refractivity contribution in [2.45, 2.75) is 25.9 Å². The average Bonchev–Trinajstić information content (AvgIpc) is 3.03. The van der Waals surface area contributed by atoms with E-state index in [4.69, 9.17) is 14.2 Å². The largest absolute Gasteiger partial charge is 0.454 e. The third-order valence-corrected chi connectivity index (χ3v) is 3.43. The number of hydrogen-bond donors (Lipinski definition) is 2. The van der Waals surface area contributed by atoms with Crippen molar-refractivity contribution in [2.24, 2.45) is 5.10 Å². The van der Waals surface area contributed by atoms with Gasteiger partial charge in [-0.15, -0.1) is 0 Å². The fourth-order valence-electron chi connectivity index (χ4n) is 2.12. The van der Waals surface area contributed by atoms with E-state index in [2.05, 4.69) is 15.8 Å². The predicted octanol–water partition coefficient (Wildman–Crippen LogP) is 0.551. The Hall–Kier alpha value is -3.10. The first-order chi connectivity index (χ1) is 11.5. The van der Waals surface area contributed by atoms with Crippen LogP contribution in [0.1, 0.15) is 19.8 Å². The number of esters is 1. The van der Waals surface area contributed by atoms with Crippen LogP contribution in [-0.4, -0.2) is 36.4 Å². The zero-order valence-corrected chi connectivity index (χ0v) is 12.8. The summed E-state index contributed by atoms with van der Waals surface area (Å²) in [6.45, 7) is 1.58. The number of benzene rings is 1. The van der Waals surface area contributed by atoms with Crippen LogP contribution in [-0.2, 0) is 19.1 Å². The third-order valence-electron chi connectivity index (χ3n) is 3.43. The van der Waals surface area contributed by atoms with E-state index in [1.165, 1.54) is 6.92 Å². The zero-order valence-electron chi connectivity index (χ0n) is 12.8. The van der Waals surface area contributed by atoms with Gasteiger partial charge in [-0.05, 0) is 19.1 Å². The van der Waals surface area contributed by atoms with Gasteiger partial charge in [-0.25, -0.2) is 10.2 Å². The maximum atomic E-state index is 12.1. The lowest BCUT2D eigenvalue weighted by atomic mass is 10.2. The van der Waals surface area contributed by atoms with Crippen molar-refractivity contribution in [3.05, 3.63) is 18.2 Å². The number of carbonyl (C=O) groups is 3. The predicted molar refractivity (Wildman–Crippen MR) is 81.6 cm³/mol. The molecule has 3 rings (SSSR count). The minimum Gasteiger partial charge on any atom is -0.454 e. The van der Waals surface area contributed by atoms with Gasteiger partial charge in [0.2, 0.25) is 12.7 Å². The molecule has 0 aromatic heterocycles. The zero-order chi connectivity index (χ0) is 17.1. The van der Waals surface area contributed by atoms with E-state index in [1.807, 2.05) is 0 Å². The highest BCUT2D eigenvalue weighted by atomic mass is 16.7. The molecule has 2 aliphatic heterocycles. The van der Waals surface area contributed by atoms with Crippen molar-refractivity contribution in [1.29, 1.82) is 0 Å². The monoisotopic (exact) mass is 333 g/mol. The summed E-state index contributed by atoms with van der Waals surface area (Å²) in [4.78, 5) is 35.0. The van der Waals surface area contributed by atoms with E-state index in [0.29, 0.717) is 17.2 Å². The topological polar surface area (TPSA) is 115 Å². The number of fused-ring (bicyclic) bond motifs is 1. The number of nitrogens with one attached hydrogen (secondary N) is 2. The normalized spacial score (nSPS) is 16.7. The Labute approximate surface area is 136 Å². The summed E-state index contributed by atoms with van der Waals surface area (Å²) in [5.41, 5.74) is 2.78. The van der Waals surface area contributed by atoms with Gasteiger partial charge in [0.15, 0.2) is 17.6 Å². The first kappa shape index (κ1) is 15.8. The summed E-state index contributed by atoms with van der Waals surface area (Å²) in [6, 6.07) is 4.95. The Bertz CT molecular complexity index is 730. The smallest absolute Gasteiger partial charge is 0.355 e. The van der Waals surface area contributed by atoms with E-state index in [-0.39, 0.29) is 31.3 Å². The summed E-state index contributed by atoms with van der Waals surface area (Å²) in [7, 11) is 0. The molecule has 2 amide bonds. The number of rotatable bonds is 4. The van der Waals surface area contributed by atoms with Gasteiger partial charge in [-0.3, -0.25) is 9.59 Å².